The minimum Gasteiger partial charge on any atom is -0.491 e. The lowest BCUT2D eigenvalue weighted by Gasteiger charge is -2.11. The molecule has 0 fully saturated rings. The van der Waals surface area contributed by atoms with Crippen LogP contribution in [0.4, 0.5) is 0 Å². The summed E-state index contributed by atoms with van der Waals surface area (Å²) in [4.78, 5) is 16.4. The summed E-state index contributed by atoms with van der Waals surface area (Å²) in [5.41, 5.74) is 1.60. The molecule has 25 heavy (non-hydrogen) atoms. The monoisotopic (exact) mass is 357 g/mol. The SMILES string of the molecule is CCOc1cc(/C=C2/N=C(c3ccccc3)OC2=O)cc(Cl)c1OC. The van der Waals surface area contributed by atoms with Crippen LogP contribution < -0.4 is 9.47 Å². The van der Waals surface area contributed by atoms with Crippen molar-refractivity contribution >= 4 is 29.5 Å². The molecule has 0 radical (unpaired) electrons. The molecule has 0 N–H and O–H groups in total. The predicted molar refractivity (Wildman–Crippen MR) is 96.2 cm³/mol. The minimum absolute atomic E-state index is 0.197. The Labute approximate surface area is 150 Å². The Morgan fingerprint density at radius 2 is 2.00 bits per heavy atom. The normalized spacial score (nSPS) is 15.1. The van der Waals surface area contributed by atoms with Gasteiger partial charge in [0.05, 0.1) is 18.7 Å². The van der Waals surface area contributed by atoms with Crippen LogP contribution in [-0.4, -0.2) is 25.6 Å². The van der Waals surface area contributed by atoms with Crippen LogP contribution in [0.15, 0.2) is 53.2 Å². The molecule has 0 amide bonds. The molecule has 2 aromatic rings. The van der Waals surface area contributed by atoms with E-state index in [1.807, 2.05) is 37.3 Å². The van der Waals surface area contributed by atoms with Gasteiger partial charge in [0, 0.05) is 5.56 Å². The Kier molecular flexibility index (Phi) is 5.05. The highest BCUT2D eigenvalue weighted by Crippen LogP contribution is 2.37. The van der Waals surface area contributed by atoms with Crippen LogP contribution in [0.1, 0.15) is 18.1 Å². The van der Waals surface area contributed by atoms with Gasteiger partial charge in [-0.15, -0.1) is 0 Å². The van der Waals surface area contributed by atoms with Gasteiger partial charge >= 0.3 is 5.97 Å². The first kappa shape index (κ1) is 17.0. The molecule has 6 heteroatoms. The summed E-state index contributed by atoms with van der Waals surface area (Å²) in [5, 5.41) is 0.388. The van der Waals surface area contributed by atoms with Crippen LogP contribution in [0.25, 0.3) is 6.08 Å². The lowest BCUT2D eigenvalue weighted by Crippen LogP contribution is -2.05. The first-order valence-corrected chi connectivity index (χ1v) is 8.08. The second-order valence-electron chi connectivity index (χ2n) is 5.17. The Morgan fingerprint density at radius 1 is 1.24 bits per heavy atom. The van der Waals surface area contributed by atoms with Crippen molar-refractivity contribution in [3.63, 3.8) is 0 Å². The number of ether oxygens (including phenoxy) is 3. The average Bonchev–Trinajstić information content (AvgIpc) is 2.97. The molecular weight excluding hydrogens is 342 g/mol. The molecule has 0 bridgehead atoms. The molecule has 0 aliphatic carbocycles. The number of aliphatic imine (C=N–C) groups is 1. The summed E-state index contributed by atoms with van der Waals surface area (Å²) in [7, 11) is 1.52. The maximum absolute atomic E-state index is 12.1. The van der Waals surface area contributed by atoms with Crippen molar-refractivity contribution in [1.29, 1.82) is 0 Å². The Balaban J connectivity index is 1.97. The molecule has 5 nitrogen and oxygen atoms in total. The Hall–Kier alpha value is -2.79. The lowest BCUT2D eigenvalue weighted by atomic mass is 10.1. The van der Waals surface area contributed by atoms with Gasteiger partial charge < -0.3 is 14.2 Å². The third-order valence-electron chi connectivity index (χ3n) is 3.48. The quantitative estimate of drug-likeness (QED) is 0.597. The van der Waals surface area contributed by atoms with Gasteiger partial charge in [-0.05, 0) is 42.8 Å². The molecule has 0 saturated carbocycles. The fourth-order valence-electron chi connectivity index (χ4n) is 2.40. The number of carbonyl (C=O) groups excluding carboxylic acids is 1. The van der Waals surface area contributed by atoms with Crippen LogP contribution in [-0.2, 0) is 9.53 Å². The summed E-state index contributed by atoms with van der Waals surface area (Å²) in [6.07, 6.45) is 1.60. The number of nitrogens with zero attached hydrogens (tertiary/aromatic N) is 1. The molecule has 0 unspecified atom stereocenters. The molecule has 0 saturated heterocycles. The van der Waals surface area contributed by atoms with E-state index < -0.39 is 5.97 Å². The number of benzene rings is 2. The number of halogens is 1. The highest BCUT2D eigenvalue weighted by Gasteiger charge is 2.24. The zero-order valence-electron chi connectivity index (χ0n) is 13.8. The van der Waals surface area contributed by atoms with Crippen molar-refractivity contribution in [3.05, 3.63) is 64.3 Å². The third kappa shape index (κ3) is 3.67. The van der Waals surface area contributed by atoms with Crippen LogP contribution in [0.2, 0.25) is 5.02 Å². The number of cyclic esters (lactones) is 1. The molecular formula is C19H16ClNO4. The molecule has 128 valence electrons. The Morgan fingerprint density at radius 3 is 2.68 bits per heavy atom. The highest BCUT2D eigenvalue weighted by atomic mass is 35.5. The average molecular weight is 358 g/mol. The summed E-state index contributed by atoms with van der Waals surface area (Å²) < 4.78 is 16.0. The van der Waals surface area contributed by atoms with E-state index in [9.17, 15) is 4.79 Å². The van der Waals surface area contributed by atoms with Crippen LogP contribution in [0.5, 0.6) is 11.5 Å². The van der Waals surface area contributed by atoms with E-state index in [2.05, 4.69) is 4.99 Å². The van der Waals surface area contributed by atoms with E-state index in [4.69, 9.17) is 25.8 Å². The molecule has 1 aliphatic rings. The van der Waals surface area contributed by atoms with E-state index in [1.165, 1.54) is 7.11 Å². The lowest BCUT2D eigenvalue weighted by molar-refractivity contribution is -0.129. The van der Waals surface area contributed by atoms with Gasteiger partial charge in [-0.1, -0.05) is 29.8 Å². The molecule has 0 aromatic heterocycles. The third-order valence-corrected chi connectivity index (χ3v) is 3.76. The van der Waals surface area contributed by atoms with Crippen molar-refractivity contribution < 1.29 is 19.0 Å². The van der Waals surface area contributed by atoms with Gasteiger partial charge in [0.25, 0.3) is 0 Å². The van der Waals surface area contributed by atoms with E-state index in [0.29, 0.717) is 28.7 Å². The molecule has 1 heterocycles. The number of hydrogen-bond acceptors (Lipinski definition) is 5. The number of methoxy groups -OCH3 is 1. The standard InChI is InChI=1S/C19H16ClNO4/c1-3-24-16-11-12(9-14(20)17(16)23-2)10-15-19(22)25-18(21-15)13-7-5-4-6-8-13/h4-11H,3H2,1-2H3/b15-10+. The molecule has 3 rings (SSSR count). The second kappa shape index (κ2) is 7.40. The molecule has 1 aliphatic heterocycles. The first-order chi connectivity index (χ1) is 12.1. The zero-order valence-corrected chi connectivity index (χ0v) is 14.5. The van der Waals surface area contributed by atoms with Crippen molar-refractivity contribution in [1.82, 2.24) is 0 Å². The maximum Gasteiger partial charge on any atom is 0.363 e. The second-order valence-corrected chi connectivity index (χ2v) is 5.58. The largest absolute Gasteiger partial charge is 0.491 e. The zero-order chi connectivity index (χ0) is 17.8. The van der Waals surface area contributed by atoms with Gasteiger partial charge in [0.15, 0.2) is 17.2 Å². The fourth-order valence-corrected chi connectivity index (χ4v) is 2.70. The van der Waals surface area contributed by atoms with Gasteiger partial charge in [-0.3, -0.25) is 0 Å². The molecule has 2 aromatic carbocycles. The van der Waals surface area contributed by atoms with Gasteiger partial charge in [0.2, 0.25) is 5.90 Å². The van der Waals surface area contributed by atoms with E-state index in [1.54, 1.807) is 18.2 Å². The number of hydrogen-bond donors (Lipinski definition) is 0. The summed E-state index contributed by atoms with van der Waals surface area (Å²) in [6.45, 7) is 2.33. The van der Waals surface area contributed by atoms with Crippen molar-refractivity contribution in [3.8, 4) is 11.5 Å². The smallest absolute Gasteiger partial charge is 0.363 e. The number of esters is 1. The van der Waals surface area contributed by atoms with Crippen LogP contribution in [0.3, 0.4) is 0 Å². The molecule has 0 atom stereocenters. The van der Waals surface area contributed by atoms with E-state index in [-0.39, 0.29) is 11.6 Å². The van der Waals surface area contributed by atoms with Crippen molar-refractivity contribution in [2.24, 2.45) is 4.99 Å². The Bertz CT molecular complexity index is 859. The summed E-state index contributed by atoms with van der Waals surface area (Å²) >= 11 is 6.23. The van der Waals surface area contributed by atoms with Gasteiger partial charge in [-0.2, -0.15) is 0 Å². The van der Waals surface area contributed by atoms with Crippen molar-refractivity contribution in [2.75, 3.05) is 13.7 Å². The van der Waals surface area contributed by atoms with E-state index >= 15 is 0 Å². The van der Waals surface area contributed by atoms with Gasteiger partial charge in [0.1, 0.15) is 0 Å². The number of rotatable bonds is 5. The summed E-state index contributed by atoms with van der Waals surface area (Å²) in [6, 6.07) is 12.7. The van der Waals surface area contributed by atoms with Crippen LogP contribution in [0, 0.1) is 0 Å². The first-order valence-electron chi connectivity index (χ1n) is 7.70. The van der Waals surface area contributed by atoms with E-state index in [0.717, 1.165) is 5.56 Å². The highest BCUT2D eigenvalue weighted by molar-refractivity contribution is 6.32. The van der Waals surface area contributed by atoms with Crippen molar-refractivity contribution in [2.45, 2.75) is 6.92 Å². The maximum atomic E-state index is 12.1. The number of carbonyl (C=O) groups is 1. The topological polar surface area (TPSA) is 57.1 Å². The van der Waals surface area contributed by atoms with Gasteiger partial charge in [-0.25, -0.2) is 9.79 Å². The predicted octanol–water partition coefficient (Wildman–Crippen LogP) is 4.09. The minimum atomic E-state index is -0.510. The summed E-state index contributed by atoms with van der Waals surface area (Å²) in [5.74, 6) is 0.723. The van der Waals surface area contributed by atoms with Crippen LogP contribution >= 0.6 is 11.6 Å². The molecule has 0 spiro atoms. The fraction of sp³-hybridized carbons (Fsp3) is 0.158.